The number of aryl methyl sites for hydroxylation is 3. The third-order valence-electron chi connectivity index (χ3n) is 7.47. The molecule has 0 radical (unpaired) electrons. The zero-order chi connectivity index (χ0) is 31.6. The number of benzene rings is 6. The predicted octanol–water partition coefficient (Wildman–Crippen LogP) is 10.9. The lowest BCUT2D eigenvalue weighted by molar-refractivity contribution is 0.111. The maximum atomic E-state index is 10.9. The molecule has 0 spiro atoms. The molecule has 0 unspecified atom stereocenters. The lowest BCUT2D eigenvalue weighted by Crippen LogP contribution is -2.09. The van der Waals surface area contributed by atoms with Gasteiger partial charge in [-0.25, -0.2) is 0 Å². The summed E-state index contributed by atoms with van der Waals surface area (Å²) >= 11 is 0. The third-order valence-corrected chi connectivity index (χ3v) is 7.47. The number of para-hydroxylation sites is 1. The molecule has 0 bridgehead atoms. The molecule has 0 heterocycles. The topological polar surface area (TPSA) is 40.6 Å². The summed E-state index contributed by atoms with van der Waals surface area (Å²) in [6.07, 6.45) is 1.73. The quantitative estimate of drug-likeness (QED) is 0.166. The maximum Gasteiger partial charge on any atom is 0.150 e. The summed E-state index contributed by atoms with van der Waals surface area (Å²) in [5, 5.41) is 0. The Kier molecular flexibility index (Phi) is 9.98. The van der Waals surface area contributed by atoms with Gasteiger partial charge in [0.05, 0.1) is 0 Å². The maximum absolute atomic E-state index is 10.9. The van der Waals surface area contributed by atoms with Gasteiger partial charge in [0.1, 0.15) is 12.6 Å². The van der Waals surface area contributed by atoms with Crippen LogP contribution in [-0.2, 0) is 0 Å². The van der Waals surface area contributed by atoms with Gasteiger partial charge in [0.15, 0.2) is 0 Å². The van der Waals surface area contributed by atoms with Gasteiger partial charge in [0.2, 0.25) is 0 Å². The Morgan fingerprint density at radius 2 is 0.578 bits per heavy atom. The normalized spacial score (nSPS) is 10.3. The molecule has 0 aliphatic heterocycles. The molecule has 4 nitrogen and oxygen atoms in total. The predicted molar refractivity (Wildman–Crippen MR) is 187 cm³/mol. The van der Waals surface area contributed by atoms with E-state index in [2.05, 4.69) is 116 Å². The molecule has 6 aromatic carbocycles. The average Bonchev–Trinajstić information content (AvgIpc) is 3.09. The van der Waals surface area contributed by atoms with Gasteiger partial charge >= 0.3 is 0 Å². The van der Waals surface area contributed by atoms with Crippen molar-refractivity contribution in [2.75, 3.05) is 9.80 Å². The summed E-state index contributed by atoms with van der Waals surface area (Å²) in [7, 11) is 0. The Balaban J connectivity index is 0.000000178. The summed E-state index contributed by atoms with van der Waals surface area (Å²) in [5.74, 6) is 0. The van der Waals surface area contributed by atoms with Crippen LogP contribution in [0.5, 0.6) is 0 Å². The van der Waals surface area contributed by atoms with E-state index in [1.165, 1.54) is 16.7 Å². The molecule has 6 aromatic rings. The van der Waals surface area contributed by atoms with E-state index in [4.69, 9.17) is 0 Å². The SMILES string of the molecule is Cc1ccc(N(c2ccc(C)cc2)c2ccc(C=O)cc2)cc1.Cc1ccc(N(c2ccccc2)c2ccc(C=O)cc2)cc1. The Bertz CT molecular complexity index is 1770. The highest BCUT2D eigenvalue weighted by molar-refractivity contribution is 5.81. The van der Waals surface area contributed by atoms with Crippen molar-refractivity contribution in [3.05, 3.63) is 179 Å². The molecule has 0 aromatic heterocycles. The second-order valence-corrected chi connectivity index (χ2v) is 10.9. The van der Waals surface area contributed by atoms with Crippen LogP contribution >= 0.6 is 0 Å². The number of rotatable bonds is 8. The van der Waals surface area contributed by atoms with Crippen LogP contribution in [0.15, 0.2) is 152 Å². The van der Waals surface area contributed by atoms with E-state index in [1.807, 2.05) is 66.7 Å². The van der Waals surface area contributed by atoms with Gasteiger partial charge in [-0.15, -0.1) is 0 Å². The fourth-order valence-corrected chi connectivity index (χ4v) is 4.96. The van der Waals surface area contributed by atoms with Gasteiger partial charge in [0.25, 0.3) is 0 Å². The van der Waals surface area contributed by atoms with Crippen LogP contribution in [0.1, 0.15) is 37.4 Å². The molecule has 0 aliphatic rings. The van der Waals surface area contributed by atoms with E-state index in [-0.39, 0.29) is 0 Å². The smallest absolute Gasteiger partial charge is 0.150 e. The third kappa shape index (κ3) is 7.81. The van der Waals surface area contributed by atoms with E-state index in [0.717, 1.165) is 46.7 Å². The van der Waals surface area contributed by atoms with Gasteiger partial charge in [-0.1, -0.05) is 71.3 Å². The van der Waals surface area contributed by atoms with Crippen LogP contribution in [0.3, 0.4) is 0 Å². The Morgan fingerprint density at radius 3 is 0.844 bits per heavy atom. The Labute approximate surface area is 265 Å². The number of anilines is 6. The number of carbonyl (C=O) groups is 2. The van der Waals surface area contributed by atoms with E-state index in [9.17, 15) is 9.59 Å². The van der Waals surface area contributed by atoms with E-state index < -0.39 is 0 Å². The summed E-state index contributed by atoms with van der Waals surface area (Å²) in [5.41, 5.74) is 11.5. The minimum absolute atomic E-state index is 0.681. The second-order valence-electron chi connectivity index (χ2n) is 10.9. The van der Waals surface area contributed by atoms with E-state index in [0.29, 0.717) is 11.1 Å². The van der Waals surface area contributed by atoms with Crippen LogP contribution < -0.4 is 9.80 Å². The summed E-state index contributed by atoms with van der Waals surface area (Å²) in [6.45, 7) is 6.24. The van der Waals surface area contributed by atoms with Crippen LogP contribution in [-0.4, -0.2) is 12.6 Å². The first-order chi connectivity index (χ1) is 21.9. The van der Waals surface area contributed by atoms with Gasteiger partial charge in [0, 0.05) is 45.3 Å². The van der Waals surface area contributed by atoms with Crippen molar-refractivity contribution in [3.8, 4) is 0 Å². The number of nitrogens with zero attached hydrogens (tertiary/aromatic N) is 2. The number of hydrogen-bond donors (Lipinski definition) is 0. The van der Waals surface area contributed by atoms with Gasteiger partial charge < -0.3 is 9.80 Å². The van der Waals surface area contributed by atoms with Crippen LogP contribution in [0.4, 0.5) is 34.1 Å². The summed E-state index contributed by atoms with van der Waals surface area (Å²) in [4.78, 5) is 26.1. The first kappa shape index (κ1) is 30.7. The number of carbonyl (C=O) groups excluding carboxylic acids is 2. The summed E-state index contributed by atoms with van der Waals surface area (Å²) < 4.78 is 0. The lowest BCUT2D eigenvalue weighted by Gasteiger charge is -2.25. The van der Waals surface area contributed by atoms with Crippen LogP contribution in [0.2, 0.25) is 0 Å². The minimum atomic E-state index is 0.681. The van der Waals surface area contributed by atoms with Crippen molar-refractivity contribution in [1.82, 2.24) is 0 Å². The van der Waals surface area contributed by atoms with E-state index >= 15 is 0 Å². The fraction of sp³-hybridized carbons (Fsp3) is 0.0732. The molecule has 222 valence electrons. The monoisotopic (exact) mass is 588 g/mol. The van der Waals surface area contributed by atoms with Crippen LogP contribution in [0.25, 0.3) is 0 Å². The first-order valence-corrected chi connectivity index (χ1v) is 14.9. The molecule has 4 heteroatoms. The second kappa shape index (κ2) is 14.6. The zero-order valence-corrected chi connectivity index (χ0v) is 25.8. The highest BCUT2D eigenvalue weighted by atomic mass is 16.1. The van der Waals surface area contributed by atoms with Crippen molar-refractivity contribution < 1.29 is 9.59 Å². The first-order valence-electron chi connectivity index (χ1n) is 14.9. The number of hydrogen-bond acceptors (Lipinski definition) is 4. The van der Waals surface area contributed by atoms with Crippen molar-refractivity contribution in [3.63, 3.8) is 0 Å². The van der Waals surface area contributed by atoms with Crippen molar-refractivity contribution in [2.45, 2.75) is 20.8 Å². The molecular weight excluding hydrogens is 552 g/mol. The Hall–Kier alpha value is -5.74. The molecule has 0 amide bonds. The summed E-state index contributed by atoms with van der Waals surface area (Å²) in [6, 6.07) is 50.8. The zero-order valence-electron chi connectivity index (χ0n) is 25.8. The number of aldehydes is 2. The molecule has 0 atom stereocenters. The van der Waals surface area contributed by atoms with E-state index in [1.54, 1.807) is 0 Å². The molecule has 0 saturated heterocycles. The molecular formula is C41H36N2O2. The lowest BCUT2D eigenvalue weighted by atomic mass is 10.1. The molecule has 0 N–H and O–H groups in total. The Morgan fingerprint density at radius 1 is 0.333 bits per heavy atom. The largest absolute Gasteiger partial charge is 0.311 e. The van der Waals surface area contributed by atoms with Crippen molar-refractivity contribution in [1.29, 1.82) is 0 Å². The molecule has 0 saturated carbocycles. The molecule has 0 fully saturated rings. The minimum Gasteiger partial charge on any atom is -0.311 e. The van der Waals surface area contributed by atoms with Gasteiger partial charge in [-0.3, -0.25) is 9.59 Å². The molecule has 6 rings (SSSR count). The standard InChI is InChI=1S/C21H19NO.C20H17NO/c1-16-3-9-19(10-4-16)22(20-11-5-17(2)6-12-20)21-13-7-18(15-23)8-14-21;1-16-7-11-19(12-8-16)21(18-5-3-2-4-6-18)20-13-9-17(15-22)10-14-20/h3-15H,1-2H3;2-15H,1H3. The van der Waals surface area contributed by atoms with Gasteiger partial charge in [-0.05, 0) is 118 Å². The van der Waals surface area contributed by atoms with Crippen molar-refractivity contribution >= 4 is 46.7 Å². The van der Waals surface area contributed by atoms with Crippen molar-refractivity contribution in [2.24, 2.45) is 0 Å². The fourth-order valence-electron chi connectivity index (χ4n) is 4.96. The molecule has 0 aliphatic carbocycles. The van der Waals surface area contributed by atoms with Gasteiger partial charge in [-0.2, -0.15) is 0 Å². The highest BCUT2D eigenvalue weighted by Gasteiger charge is 2.13. The highest BCUT2D eigenvalue weighted by Crippen LogP contribution is 2.35. The average molecular weight is 589 g/mol. The molecule has 45 heavy (non-hydrogen) atoms. The van der Waals surface area contributed by atoms with Crippen LogP contribution in [0, 0.1) is 20.8 Å².